The fraction of sp³-hybridized carbons (Fsp3) is 0.217. The molecule has 1 saturated heterocycles. The van der Waals surface area contributed by atoms with Crippen molar-refractivity contribution in [2.75, 3.05) is 18.0 Å². The van der Waals surface area contributed by atoms with Gasteiger partial charge < -0.3 is 10.2 Å². The number of benzene rings is 1. The highest BCUT2D eigenvalue weighted by Gasteiger charge is 2.24. The van der Waals surface area contributed by atoms with E-state index in [-0.39, 0.29) is 11.9 Å². The first kappa shape index (κ1) is 18.7. The third kappa shape index (κ3) is 3.76. The van der Waals surface area contributed by atoms with Crippen LogP contribution in [0.3, 0.4) is 0 Å². The number of hydrogen-bond acceptors (Lipinski definition) is 6. The third-order valence-corrected chi connectivity index (χ3v) is 6.25. The van der Waals surface area contributed by atoms with Crippen molar-refractivity contribution < 1.29 is 4.79 Å². The van der Waals surface area contributed by atoms with E-state index in [0.29, 0.717) is 5.82 Å². The van der Waals surface area contributed by atoms with Crippen LogP contribution in [0.5, 0.6) is 0 Å². The van der Waals surface area contributed by atoms with Crippen molar-refractivity contribution in [2.45, 2.75) is 18.9 Å². The second kappa shape index (κ2) is 8.20. The molecule has 4 aromatic rings. The Labute approximate surface area is 178 Å². The summed E-state index contributed by atoms with van der Waals surface area (Å²) in [5, 5.41) is 6.15. The Kier molecular flexibility index (Phi) is 5.11. The highest BCUT2D eigenvalue weighted by atomic mass is 32.1. The van der Waals surface area contributed by atoms with Gasteiger partial charge in [-0.05, 0) is 48.6 Å². The number of carbonyl (C=O) groups excluding carboxylic acids is 1. The fourth-order valence-electron chi connectivity index (χ4n) is 3.82. The largest absolute Gasteiger partial charge is 0.356 e. The highest BCUT2D eigenvalue weighted by molar-refractivity contribution is 7.12. The number of carbonyl (C=O) groups is 1. The molecule has 1 aliphatic rings. The van der Waals surface area contributed by atoms with E-state index in [0.717, 1.165) is 53.1 Å². The summed E-state index contributed by atoms with van der Waals surface area (Å²) in [5.74, 6) is 1.65. The minimum absolute atomic E-state index is 0.0230. The van der Waals surface area contributed by atoms with Gasteiger partial charge in [-0.25, -0.2) is 9.97 Å². The van der Waals surface area contributed by atoms with Crippen LogP contribution < -0.4 is 10.2 Å². The molecule has 1 amide bonds. The molecule has 7 heteroatoms. The molecule has 1 aromatic carbocycles. The molecule has 4 heterocycles. The van der Waals surface area contributed by atoms with E-state index in [2.05, 4.69) is 21.3 Å². The first-order valence-electron chi connectivity index (χ1n) is 10.0. The number of pyridine rings is 1. The van der Waals surface area contributed by atoms with Crippen LogP contribution in [0.1, 0.15) is 22.5 Å². The quantitative estimate of drug-likeness (QED) is 0.542. The highest BCUT2D eigenvalue weighted by Crippen LogP contribution is 2.29. The number of hydrogen-bond donors (Lipinski definition) is 1. The molecular formula is C23H21N5OS. The number of aromatic nitrogens is 3. The molecule has 0 radical (unpaired) electrons. The molecule has 1 N–H and O–H groups in total. The van der Waals surface area contributed by atoms with Gasteiger partial charge in [-0.15, -0.1) is 11.3 Å². The van der Waals surface area contributed by atoms with E-state index in [1.165, 1.54) is 11.3 Å². The van der Waals surface area contributed by atoms with Crippen LogP contribution in [0.4, 0.5) is 5.82 Å². The lowest BCUT2D eigenvalue weighted by Crippen LogP contribution is -2.44. The first-order chi connectivity index (χ1) is 14.8. The van der Waals surface area contributed by atoms with Crippen molar-refractivity contribution in [1.82, 2.24) is 20.3 Å². The fourth-order valence-corrected chi connectivity index (χ4v) is 4.45. The topological polar surface area (TPSA) is 71.0 Å². The number of nitrogens with zero attached hydrogens (tertiary/aromatic N) is 4. The maximum Gasteiger partial charge on any atom is 0.261 e. The van der Waals surface area contributed by atoms with E-state index in [4.69, 9.17) is 9.97 Å². The van der Waals surface area contributed by atoms with Gasteiger partial charge in [-0.1, -0.05) is 18.2 Å². The number of fused-ring (bicyclic) bond motifs is 1. The van der Waals surface area contributed by atoms with Crippen LogP contribution in [0, 0.1) is 0 Å². The van der Waals surface area contributed by atoms with E-state index in [1.54, 1.807) is 12.4 Å². The molecule has 1 fully saturated rings. The molecular weight excluding hydrogens is 394 g/mol. The molecule has 0 aliphatic carbocycles. The molecule has 5 rings (SSSR count). The zero-order valence-electron chi connectivity index (χ0n) is 16.4. The molecule has 1 aliphatic heterocycles. The van der Waals surface area contributed by atoms with Gasteiger partial charge >= 0.3 is 0 Å². The zero-order valence-corrected chi connectivity index (χ0v) is 17.2. The van der Waals surface area contributed by atoms with E-state index < -0.39 is 0 Å². The summed E-state index contributed by atoms with van der Waals surface area (Å²) < 4.78 is 0. The maximum atomic E-state index is 12.4. The summed E-state index contributed by atoms with van der Waals surface area (Å²) in [7, 11) is 0. The number of piperidine rings is 1. The molecule has 30 heavy (non-hydrogen) atoms. The average Bonchev–Trinajstić information content (AvgIpc) is 3.35. The zero-order chi connectivity index (χ0) is 20.3. The van der Waals surface area contributed by atoms with Gasteiger partial charge in [0.05, 0.1) is 10.4 Å². The summed E-state index contributed by atoms with van der Waals surface area (Å²) in [6.45, 7) is 1.67. The Morgan fingerprint density at radius 1 is 1.03 bits per heavy atom. The van der Waals surface area contributed by atoms with Crippen molar-refractivity contribution in [3.63, 3.8) is 0 Å². The van der Waals surface area contributed by atoms with Gasteiger partial charge in [0.25, 0.3) is 5.91 Å². The number of anilines is 1. The SMILES string of the molecule is O=C(NC1CCN(c2nc(-c3cccnc3)nc3ccccc23)CC1)c1cccs1. The van der Waals surface area contributed by atoms with Crippen LogP contribution >= 0.6 is 11.3 Å². The summed E-state index contributed by atoms with van der Waals surface area (Å²) >= 11 is 1.47. The normalized spacial score (nSPS) is 14.7. The number of para-hydroxylation sites is 1. The standard InChI is InChI=1S/C23H21N5OS/c29-23(20-8-4-14-30-20)25-17-9-12-28(13-10-17)22-18-6-1-2-7-19(18)26-21(27-22)16-5-3-11-24-15-16/h1-8,11,14-15,17H,9-10,12-13H2,(H,25,29). The van der Waals surface area contributed by atoms with Gasteiger partial charge in [0.1, 0.15) is 5.82 Å². The number of nitrogens with one attached hydrogen (secondary N) is 1. The van der Waals surface area contributed by atoms with Gasteiger partial charge in [-0.2, -0.15) is 0 Å². The van der Waals surface area contributed by atoms with Crippen LogP contribution in [-0.4, -0.2) is 40.0 Å². The van der Waals surface area contributed by atoms with Crippen molar-refractivity contribution in [3.8, 4) is 11.4 Å². The van der Waals surface area contributed by atoms with Gasteiger partial charge in [0.15, 0.2) is 5.82 Å². The summed E-state index contributed by atoms with van der Waals surface area (Å²) in [5.41, 5.74) is 1.83. The molecule has 6 nitrogen and oxygen atoms in total. The minimum atomic E-state index is 0.0230. The first-order valence-corrected chi connectivity index (χ1v) is 10.9. The molecule has 0 saturated carbocycles. The van der Waals surface area contributed by atoms with Crippen molar-refractivity contribution in [3.05, 3.63) is 71.2 Å². The molecule has 0 atom stereocenters. The second-order valence-corrected chi connectivity index (χ2v) is 8.29. The van der Waals surface area contributed by atoms with E-state index in [9.17, 15) is 4.79 Å². The van der Waals surface area contributed by atoms with Gasteiger partial charge in [0, 0.05) is 42.5 Å². The molecule has 3 aromatic heterocycles. The predicted octanol–water partition coefficient (Wildman–Crippen LogP) is 4.15. The second-order valence-electron chi connectivity index (χ2n) is 7.34. The van der Waals surface area contributed by atoms with Crippen molar-refractivity contribution in [2.24, 2.45) is 0 Å². The Balaban J connectivity index is 1.38. The number of rotatable bonds is 4. The lowest BCUT2D eigenvalue weighted by Gasteiger charge is -2.33. The third-order valence-electron chi connectivity index (χ3n) is 5.38. The van der Waals surface area contributed by atoms with Gasteiger partial charge in [0.2, 0.25) is 0 Å². The summed E-state index contributed by atoms with van der Waals surface area (Å²) in [6.07, 6.45) is 5.32. The maximum absolute atomic E-state index is 12.4. The summed E-state index contributed by atoms with van der Waals surface area (Å²) in [6, 6.07) is 15.9. The monoisotopic (exact) mass is 415 g/mol. The van der Waals surface area contributed by atoms with Crippen LogP contribution in [-0.2, 0) is 0 Å². The Hall–Kier alpha value is -3.32. The lowest BCUT2D eigenvalue weighted by molar-refractivity contribution is 0.0935. The smallest absolute Gasteiger partial charge is 0.261 e. The summed E-state index contributed by atoms with van der Waals surface area (Å²) in [4.78, 5) is 29.3. The van der Waals surface area contributed by atoms with Gasteiger partial charge in [-0.3, -0.25) is 9.78 Å². The minimum Gasteiger partial charge on any atom is -0.356 e. The van der Waals surface area contributed by atoms with Crippen LogP contribution in [0.25, 0.3) is 22.3 Å². The van der Waals surface area contributed by atoms with E-state index in [1.807, 2.05) is 47.8 Å². The van der Waals surface area contributed by atoms with Crippen LogP contribution in [0.15, 0.2) is 66.3 Å². The molecule has 0 bridgehead atoms. The predicted molar refractivity (Wildman–Crippen MR) is 120 cm³/mol. The van der Waals surface area contributed by atoms with Crippen LogP contribution in [0.2, 0.25) is 0 Å². The van der Waals surface area contributed by atoms with E-state index >= 15 is 0 Å². The molecule has 0 spiro atoms. The molecule has 150 valence electrons. The number of amides is 1. The number of thiophene rings is 1. The molecule has 0 unspecified atom stereocenters. The average molecular weight is 416 g/mol. The Morgan fingerprint density at radius 3 is 2.67 bits per heavy atom. The van der Waals surface area contributed by atoms with Crippen molar-refractivity contribution >= 4 is 34.0 Å². The Bertz CT molecular complexity index is 1150. The Morgan fingerprint density at radius 2 is 1.90 bits per heavy atom. The lowest BCUT2D eigenvalue weighted by atomic mass is 10.0. The van der Waals surface area contributed by atoms with Crippen molar-refractivity contribution in [1.29, 1.82) is 0 Å².